The Morgan fingerprint density at radius 2 is 1.67 bits per heavy atom. The summed E-state index contributed by atoms with van der Waals surface area (Å²) in [6, 6.07) is 17.1. The van der Waals surface area contributed by atoms with Crippen molar-refractivity contribution in [3.05, 3.63) is 72.1 Å². The highest BCUT2D eigenvalue weighted by atomic mass is 16.6. The van der Waals surface area contributed by atoms with Crippen molar-refractivity contribution in [1.82, 2.24) is 15.3 Å². The van der Waals surface area contributed by atoms with Crippen LogP contribution in [0.15, 0.2) is 66.1 Å². The number of nitrogens with zero attached hydrogens (tertiary/aromatic N) is 4. The smallest absolute Gasteiger partial charge is 0.273 e. The number of benzene rings is 2. The van der Waals surface area contributed by atoms with E-state index in [1.807, 2.05) is 0 Å². The first kappa shape index (κ1) is 20.3. The number of nitriles is 1. The van der Waals surface area contributed by atoms with Gasteiger partial charge < -0.3 is 19.6 Å². The molecule has 9 nitrogen and oxygen atoms in total. The second-order valence-electron chi connectivity index (χ2n) is 5.70. The van der Waals surface area contributed by atoms with Gasteiger partial charge in [0.15, 0.2) is 5.71 Å². The number of rotatable bonds is 7. The van der Waals surface area contributed by atoms with Crippen molar-refractivity contribution >= 4 is 11.6 Å². The van der Waals surface area contributed by atoms with Crippen molar-refractivity contribution in [2.45, 2.75) is 0 Å². The molecule has 0 radical (unpaired) electrons. The van der Waals surface area contributed by atoms with E-state index in [9.17, 15) is 10.1 Å². The van der Waals surface area contributed by atoms with E-state index in [0.29, 0.717) is 22.6 Å². The van der Waals surface area contributed by atoms with E-state index in [4.69, 9.17) is 14.3 Å². The van der Waals surface area contributed by atoms with Gasteiger partial charge in [-0.25, -0.2) is 9.97 Å². The average Bonchev–Trinajstić information content (AvgIpc) is 2.78. The van der Waals surface area contributed by atoms with E-state index in [2.05, 4.69) is 26.5 Å². The van der Waals surface area contributed by atoms with Crippen molar-refractivity contribution in [2.75, 3.05) is 14.2 Å². The van der Waals surface area contributed by atoms with E-state index in [1.165, 1.54) is 26.6 Å². The summed E-state index contributed by atoms with van der Waals surface area (Å²) < 4.78 is 11.5. The molecule has 150 valence electrons. The molecule has 0 unspecified atom stereocenters. The number of aromatic nitrogens is 2. The summed E-state index contributed by atoms with van der Waals surface area (Å²) in [6.07, 6.45) is 1.27. The first-order chi connectivity index (χ1) is 14.7. The van der Waals surface area contributed by atoms with Gasteiger partial charge in [0.1, 0.15) is 31.0 Å². The van der Waals surface area contributed by atoms with E-state index >= 15 is 0 Å². The molecule has 0 atom stereocenters. The lowest BCUT2D eigenvalue weighted by atomic mass is 10.1. The summed E-state index contributed by atoms with van der Waals surface area (Å²) >= 11 is 0. The van der Waals surface area contributed by atoms with Crippen molar-refractivity contribution in [2.24, 2.45) is 5.16 Å². The third kappa shape index (κ3) is 4.69. The van der Waals surface area contributed by atoms with Crippen LogP contribution in [0.5, 0.6) is 23.3 Å². The molecule has 3 aromatic rings. The van der Waals surface area contributed by atoms with Crippen LogP contribution in [0.2, 0.25) is 0 Å². The van der Waals surface area contributed by atoms with Gasteiger partial charge in [0.25, 0.3) is 5.91 Å². The van der Waals surface area contributed by atoms with Crippen LogP contribution in [0, 0.1) is 11.3 Å². The molecule has 0 spiro atoms. The van der Waals surface area contributed by atoms with Gasteiger partial charge >= 0.3 is 0 Å². The summed E-state index contributed by atoms with van der Waals surface area (Å²) in [5.41, 5.74) is 0.827. The maximum absolute atomic E-state index is 12.2. The Labute approximate surface area is 172 Å². The fourth-order valence-corrected chi connectivity index (χ4v) is 2.48. The van der Waals surface area contributed by atoms with E-state index in [0.717, 1.165) is 0 Å². The van der Waals surface area contributed by atoms with Crippen molar-refractivity contribution in [3.8, 4) is 29.3 Å². The third-order valence-corrected chi connectivity index (χ3v) is 3.82. The molecule has 0 fully saturated rings. The Morgan fingerprint density at radius 3 is 2.33 bits per heavy atom. The van der Waals surface area contributed by atoms with Crippen LogP contribution < -0.4 is 14.8 Å². The molecule has 30 heavy (non-hydrogen) atoms. The highest BCUT2D eigenvalue weighted by Crippen LogP contribution is 2.28. The number of hydrogen-bond acceptors (Lipinski definition) is 8. The van der Waals surface area contributed by atoms with E-state index in [-0.39, 0.29) is 17.5 Å². The Balaban J connectivity index is 1.90. The molecule has 3 rings (SSSR count). The second kappa shape index (κ2) is 9.66. The zero-order chi connectivity index (χ0) is 21.3. The number of carbonyl (C=O) groups is 1. The summed E-state index contributed by atoms with van der Waals surface area (Å²) in [6.45, 7) is 0. The Hall–Kier alpha value is -4.45. The summed E-state index contributed by atoms with van der Waals surface area (Å²) in [4.78, 5) is 25.1. The van der Waals surface area contributed by atoms with Gasteiger partial charge in [-0.05, 0) is 24.3 Å². The first-order valence-electron chi connectivity index (χ1n) is 8.75. The van der Waals surface area contributed by atoms with Gasteiger partial charge in [0.05, 0.1) is 17.2 Å². The SMILES string of the molecule is CNC(=O)C(=NOC)c1ccccc1Oc1cc(Oc2ccccc2C#N)ncn1. The van der Waals surface area contributed by atoms with Gasteiger partial charge in [-0.15, -0.1) is 0 Å². The minimum absolute atomic E-state index is 0.0454. The molecule has 0 saturated heterocycles. The molecule has 0 aliphatic rings. The van der Waals surface area contributed by atoms with Crippen molar-refractivity contribution in [3.63, 3.8) is 0 Å². The summed E-state index contributed by atoms with van der Waals surface area (Å²) in [5, 5.41) is 15.5. The minimum Gasteiger partial charge on any atom is -0.438 e. The molecular formula is C21H17N5O4. The Bertz CT molecular complexity index is 1120. The first-order valence-corrected chi connectivity index (χ1v) is 8.75. The number of carbonyl (C=O) groups excluding carboxylic acids is 1. The van der Waals surface area contributed by atoms with Gasteiger partial charge in [-0.1, -0.05) is 29.4 Å². The van der Waals surface area contributed by atoms with E-state index in [1.54, 1.807) is 48.5 Å². The maximum Gasteiger partial charge on any atom is 0.273 e. The van der Waals surface area contributed by atoms with Gasteiger partial charge in [-0.3, -0.25) is 4.79 Å². The lowest BCUT2D eigenvalue weighted by molar-refractivity contribution is -0.114. The van der Waals surface area contributed by atoms with Crippen LogP contribution in [-0.4, -0.2) is 35.7 Å². The molecular weight excluding hydrogens is 386 g/mol. The van der Waals surface area contributed by atoms with Crippen LogP contribution in [-0.2, 0) is 9.63 Å². The number of ether oxygens (including phenoxy) is 2. The van der Waals surface area contributed by atoms with Gasteiger partial charge in [0, 0.05) is 7.05 Å². The molecule has 2 aromatic carbocycles. The highest BCUT2D eigenvalue weighted by Gasteiger charge is 2.19. The quantitative estimate of drug-likeness (QED) is 0.476. The molecule has 1 heterocycles. The van der Waals surface area contributed by atoms with E-state index < -0.39 is 5.91 Å². The highest BCUT2D eigenvalue weighted by molar-refractivity contribution is 6.45. The predicted molar refractivity (Wildman–Crippen MR) is 107 cm³/mol. The Morgan fingerprint density at radius 1 is 1.03 bits per heavy atom. The Kier molecular flexibility index (Phi) is 6.53. The van der Waals surface area contributed by atoms with Crippen LogP contribution in [0.3, 0.4) is 0 Å². The van der Waals surface area contributed by atoms with Crippen molar-refractivity contribution < 1.29 is 19.1 Å². The van der Waals surface area contributed by atoms with Crippen molar-refractivity contribution in [1.29, 1.82) is 5.26 Å². The number of nitrogens with one attached hydrogen (secondary N) is 1. The van der Waals surface area contributed by atoms with Crippen LogP contribution in [0.1, 0.15) is 11.1 Å². The van der Waals surface area contributed by atoms with Crippen LogP contribution >= 0.6 is 0 Å². The fourth-order valence-electron chi connectivity index (χ4n) is 2.48. The van der Waals surface area contributed by atoms with Crippen LogP contribution in [0.25, 0.3) is 0 Å². The molecule has 1 aromatic heterocycles. The fraction of sp³-hybridized carbons (Fsp3) is 0.0952. The zero-order valence-corrected chi connectivity index (χ0v) is 16.2. The predicted octanol–water partition coefficient (Wildman–Crippen LogP) is 3.03. The molecule has 9 heteroatoms. The van der Waals surface area contributed by atoms with Gasteiger partial charge in [-0.2, -0.15) is 5.26 Å². The summed E-state index contributed by atoms with van der Waals surface area (Å²) in [5.74, 6) is 0.624. The topological polar surface area (TPSA) is 119 Å². The molecule has 0 saturated carbocycles. The standard InChI is InChI=1S/C21H17N5O4/c1-23-21(27)20(26-28-2)15-8-4-6-10-17(15)30-19-11-18(24-13-25-19)29-16-9-5-3-7-14(16)12-22/h3-11,13H,1-2H3,(H,23,27). The summed E-state index contributed by atoms with van der Waals surface area (Å²) in [7, 11) is 2.84. The molecule has 0 aliphatic heterocycles. The number of oxime groups is 1. The largest absolute Gasteiger partial charge is 0.438 e. The van der Waals surface area contributed by atoms with Gasteiger partial charge in [0.2, 0.25) is 11.8 Å². The number of likely N-dealkylation sites (N-methyl/N-ethyl adjacent to an activating group) is 1. The maximum atomic E-state index is 12.2. The number of amides is 1. The lowest BCUT2D eigenvalue weighted by Crippen LogP contribution is -2.28. The molecule has 1 N–H and O–H groups in total. The average molecular weight is 403 g/mol. The number of para-hydroxylation sites is 2. The molecule has 1 amide bonds. The molecule has 0 bridgehead atoms. The zero-order valence-electron chi connectivity index (χ0n) is 16.2. The molecule has 0 aliphatic carbocycles. The third-order valence-electron chi connectivity index (χ3n) is 3.82. The monoisotopic (exact) mass is 403 g/mol. The number of hydrogen-bond donors (Lipinski definition) is 1. The minimum atomic E-state index is -0.437. The van der Waals surface area contributed by atoms with Crippen LogP contribution in [0.4, 0.5) is 0 Å². The second-order valence-corrected chi connectivity index (χ2v) is 5.70. The normalized spacial score (nSPS) is 10.6. The lowest BCUT2D eigenvalue weighted by Gasteiger charge is -2.12.